The largest absolute Gasteiger partial charge is 0.416 e. The van der Waals surface area contributed by atoms with E-state index < -0.39 is 23.1 Å². The van der Waals surface area contributed by atoms with Gasteiger partial charge in [-0.25, -0.2) is 9.97 Å². The highest BCUT2D eigenvalue weighted by Gasteiger charge is 2.31. The normalized spacial score (nSPS) is 12.5. The Morgan fingerprint density at radius 3 is 2.24 bits per heavy atom. The fraction of sp³-hybridized carbons (Fsp3) is 0.167. The molecule has 0 aliphatic heterocycles. The van der Waals surface area contributed by atoms with E-state index >= 15 is 0 Å². The van der Waals surface area contributed by atoms with Crippen molar-refractivity contribution in [3.8, 4) is 11.3 Å². The molecule has 2 N–H and O–H groups in total. The number of hydrogen-bond acceptors (Lipinski definition) is 3. The van der Waals surface area contributed by atoms with Gasteiger partial charge in [0.1, 0.15) is 12.0 Å². The summed E-state index contributed by atoms with van der Waals surface area (Å²) in [6.45, 7) is 0. The zero-order valence-corrected chi connectivity index (χ0v) is 11.5. The van der Waals surface area contributed by atoms with Crippen LogP contribution in [-0.2, 0) is 11.8 Å². The van der Waals surface area contributed by atoms with Gasteiger partial charge in [0.05, 0.1) is 11.3 Å². The zero-order valence-electron chi connectivity index (χ0n) is 10.3. The summed E-state index contributed by atoms with van der Waals surface area (Å²) < 4.78 is 64.4. The second kappa shape index (κ2) is 5.18. The Morgan fingerprint density at radius 2 is 1.67 bits per heavy atom. The molecule has 0 radical (unpaired) electrons. The van der Waals surface area contributed by atoms with Crippen molar-refractivity contribution in [1.29, 1.82) is 0 Å². The molecule has 2 rings (SSSR count). The van der Waals surface area contributed by atoms with Crippen molar-refractivity contribution in [3.63, 3.8) is 0 Å². The third-order valence-corrected chi connectivity index (χ3v) is 2.96. The lowest BCUT2D eigenvalue weighted by Crippen LogP contribution is -2.08. The van der Waals surface area contributed by atoms with Gasteiger partial charge < -0.3 is 5.73 Å². The summed E-state index contributed by atoms with van der Waals surface area (Å²) >= 11 is 0. The van der Waals surface area contributed by atoms with Gasteiger partial charge in [0.15, 0.2) is 0 Å². The molecular weight excluding hydrogens is 312 g/mol. The SMILES string of the molecule is Nc1ccc(C(F)(F)F)cc1-c1cc(C(F)(F)P)ncn1. The lowest BCUT2D eigenvalue weighted by molar-refractivity contribution is -0.137. The van der Waals surface area contributed by atoms with E-state index in [4.69, 9.17) is 5.73 Å². The number of alkyl halides is 5. The van der Waals surface area contributed by atoms with Crippen LogP contribution >= 0.6 is 9.24 Å². The van der Waals surface area contributed by atoms with E-state index in [0.717, 1.165) is 30.6 Å². The van der Waals surface area contributed by atoms with Crippen molar-refractivity contribution >= 4 is 14.9 Å². The van der Waals surface area contributed by atoms with Gasteiger partial charge in [-0.2, -0.15) is 22.0 Å². The molecule has 0 fully saturated rings. The topological polar surface area (TPSA) is 51.8 Å². The summed E-state index contributed by atoms with van der Waals surface area (Å²) in [6, 6.07) is 3.53. The summed E-state index contributed by atoms with van der Waals surface area (Å²) in [5.41, 5.74) is 0.535. The van der Waals surface area contributed by atoms with E-state index in [-0.39, 0.29) is 16.9 Å². The van der Waals surface area contributed by atoms with E-state index in [9.17, 15) is 22.0 Å². The summed E-state index contributed by atoms with van der Waals surface area (Å²) in [7, 11) is 1.30. The van der Waals surface area contributed by atoms with Crippen LogP contribution in [0.25, 0.3) is 11.3 Å². The summed E-state index contributed by atoms with van der Waals surface area (Å²) in [6.07, 6.45) is -3.72. The first-order chi connectivity index (χ1) is 9.59. The molecule has 21 heavy (non-hydrogen) atoms. The average Bonchev–Trinajstić information content (AvgIpc) is 2.37. The first-order valence-corrected chi connectivity index (χ1v) is 6.13. The van der Waals surface area contributed by atoms with Gasteiger partial charge in [-0.05, 0) is 24.3 Å². The van der Waals surface area contributed by atoms with Crippen molar-refractivity contribution < 1.29 is 22.0 Å². The third-order valence-electron chi connectivity index (χ3n) is 2.67. The molecule has 1 atom stereocenters. The third kappa shape index (κ3) is 3.44. The number of hydrogen-bond donors (Lipinski definition) is 1. The fourth-order valence-corrected chi connectivity index (χ4v) is 1.80. The molecule has 0 amide bonds. The number of nitrogens with zero attached hydrogens (tertiary/aromatic N) is 2. The highest BCUT2D eigenvalue weighted by molar-refractivity contribution is 7.17. The second-order valence-electron chi connectivity index (χ2n) is 4.21. The number of halogens is 5. The number of nitrogens with two attached hydrogens (primary N) is 1. The van der Waals surface area contributed by atoms with E-state index in [1.807, 2.05) is 0 Å². The molecule has 1 unspecified atom stereocenters. The predicted molar refractivity (Wildman–Crippen MR) is 70.5 cm³/mol. The molecule has 112 valence electrons. The van der Waals surface area contributed by atoms with Gasteiger partial charge in [-0.15, -0.1) is 0 Å². The Kier molecular flexibility index (Phi) is 3.84. The summed E-state index contributed by atoms with van der Waals surface area (Å²) in [5.74, 6) is 0. The molecule has 0 saturated heterocycles. The molecule has 0 bridgehead atoms. The molecule has 0 aliphatic carbocycles. The molecule has 9 heteroatoms. The minimum Gasteiger partial charge on any atom is -0.398 e. The quantitative estimate of drug-likeness (QED) is 0.522. The van der Waals surface area contributed by atoms with Crippen molar-refractivity contribution in [2.24, 2.45) is 0 Å². The Morgan fingerprint density at radius 1 is 1.00 bits per heavy atom. The molecule has 0 saturated carbocycles. The van der Waals surface area contributed by atoms with Gasteiger partial charge in [0.25, 0.3) is 5.66 Å². The molecule has 1 aromatic carbocycles. The fourth-order valence-electron chi connectivity index (χ4n) is 1.64. The maximum Gasteiger partial charge on any atom is 0.416 e. The average molecular weight is 321 g/mol. The van der Waals surface area contributed by atoms with Crippen LogP contribution in [0.2, 0.25) is 0 Å². The van der Waals surface area contributed by atoms with Crippen molar-refractivity contribution in [2.75, 3.05) is 5.73 Å². The van der Waals surface area contributed by atoms with Crippen LogP contribution in [0.5, 0.6) is 0 Å². The van der Waals surface area contributed by atoms with Gasteiger partial charge >= 0.3 is 6.18 Å². The second-order valence-corrected chi connectivity index (χ2v) is 4.94. The van der Waals surface area contributed by atoms with Crippen molar-refractivity contribution in [2.45, 2.75) is 11.8 Å². The highest BCUT2D eigenvalue weighted by atomic mass is 31.0. The Hall–Kier alpha value is -1.82. The minimum absolute atomic E-state index is 0.000257. The van der Waals surface area contributed by atoms with Crippen LogP contribution < -0.4 is 5.73 Å². The number of aromatic nitrogens is 2. The maximum atomic E-state index is 13.2. The predicted octanol–water partition coefficient (Wildman–Crippen LogP) is 3.67. The molecule has 0 spiro atoms. The monoisotopic (exact) mass is 321 g/mol. The van der Waals surface area contributed by atoms with E-state index in [1.54, 1.807) is 0 Å². The van der Waals surface area contributed by atoms with Crippen LogP contribution in [0.15, 0.2) is 30.6 Å². The molecule has 3 nitrogen and oxygen atoms in total. The van der Waals surface area contributed by atoms with E-state index in [0.29, 0.717) is 0 Å². The van der Waals surface area contributed by atoms with Crippen LogP contribution in [0.3, 0.4) is 0 Å². The summed E-state index contributed by atoms with van der Waals surface area (Å²) in [4.78, 5) is 7.10. The van der Waals surface area contributed by atoms with Crippen LogP contribution in [0.1, 0.15) is 11.3 Å². The zero-order chi connectivity index (χ0) is 15.8. The Balaban J connectivity index is 2.57. The molecule has 1 aromatic heterocycles. The number of nitrogen functional groups attached to an aromatic ring is 1. The first-order valence-electron chi connectivity index (χ1n) is 5.55. The number of benzene rings is 1. The standard InChI is InChI=1S/C12H9F5N3P/c13-11(14,15)6-1-2-8(18)7(3-6)9-4-10(12(16,17)21)20-5-19-9/h1-5H,18,21H2. The van der Waals surface area contributed by atoms with Gasteiger partial charge in [-0.1, -0.05) is 9.24 Å². The lowest BCUT2D eigenvalue weighted by Gasteiger charge is -2.13. The Labute approximate surface area is 118 Å². The molecule has 0 aliphatic rings. The van der Waals surface area contributed by atoms with Crippen molar-refractivity contribution in [3.05, 3.63) is 41.9 Å². The van der Waals surface area contributed by atoms with Crippen LogP contribution in [0.4, 0.5) is 27.6 Å². The molecular formula is C12H9F5N3P. The number of anilines is 1. The van der Waals surface area contributed by atoms with Gasteiger partial charge in [-0.3, -0.25) is 0 Å². The minimum atomic E-state index is -4.57. The van der Waals surface area contributed by atoms with E-state index in [1.165, 1.54) is 9.24 Å². The lowest BCUT2D eigenvalue weighted by atomic mass is 10.0. The molecule has 2 aromatic rings. The summed E-state index contributed by atoms with van der Waals surface area (Å²) in [5, 5.41) is 0. The Bertz CT molecular complexity index is 667. The van der Waals surface area contributed by atoms with E-state index in [2.05, 4.69) is 9.97 Å². The van der Waals surface area contributed by atoms with Gasteiger partial charge in [0, 0.05) is 11.3 Å². The van der Waals surface area contributed by atoms with Crippen LogP contribution in [0, 0.1) is 0 Å². The number of rotatable bonds is 2. The van der Waals surface area contributed by atoms with Crippen molar-refractivity contribution in [1.82, 2.24) is 9.97 Å². The highest BCUT2D eigenvalue weighted by Crippen LogP contribution is 2.37. The first kappa shape index (κ1) is 15.6. The van der Waals surface area contributed by atoms with Crippen LogP contribution in [-0.4, -0.2) is 9.97 Å². The smallest absolute Gasteiger partial charge is 0.398 e. The molecule has 1 heterocycles. The van der Waals surface area contributed by atoms with Gasteiger partial charge in [0.2, 0.25) is 0 Å². The maximum absolute atomic E-state index is 13.2.